The van der Waals surface area contributed by atoms with Crippen LogP contribution in [0, 0.1) is 5.92 Å². The second-order valence-electron chi connectivity index (χ2n) is 7.32. The first-order valence-electron chi connectivity index (χ1n) is 10.2. The van der Waals surface area contributed by atoms with Gasteiger partial charge in [0.2, 0.25) is 15.9 Å². The summed E-state index contributed by atoms with van der Waals surface area (Å²) >= 11 is 0. The SMILES string of the molecule is CCNS(=O)(=O)c1ccc(/C=C/C(=O)N2CCCC(COc3ccccc3)C2)cc1. The predicted molar refractivity (Wildman–Crippen MR) is 118 cm³/mol. The molecule has 160 valence electrons. The van der Waals surface area contributed by atoms with Crippen LogP contribution in [-0.4, -0.2) is 45.5 Å². The maximum Gasteiger partial charge on any atom is 0.246 e. The van der Waals surface area contributed by atoms with Gasteiger partial charge in [-0.05, 0) is 48.7 Å². The largest absolute Gasteiger partial charge is 0.493 e. The molecule has 7 heteroatoms. The van der Waals surface area contributed by atoms with Gasteiger partial charge in [-0.1, -0.05) is 37.3 Å². The molecule has 0 aliphatic carbocycles. The predicted octanol–water partition coefficient (Wildman–Crippen LogP) is 3.32. The second kappa shape index (κ2) is 10.4. The molecule has 0 saturated carbocycles. The number of benzene rings is 2. The molecule has 1 unspecified atom stereocenters. The molecule has 1 fully saturated rings. The third-order valence-corrected chi connectivity index (χ3v) is 6.56. The van der Waals surface area contributed by atoms with Gasteiger partial charge in [0, 0.05) is 31.6 Å². The van der Waals surface area contributed by atoms with Gasteiger partial charge in [0.05, 0.1) is 11.5 Å². The molecule has 30 heavy (non-hydrogen) atoms. The molecule has 1 saturated heterocycles. The number of hydrogen-bond donors (Lipinski definition) is 1. The van der Waals surface area contributed by atoms with Crippen molar-refractivity contribution < 1.29 is 17.9 Å². The van der Waals surface area contributed by atoms with Crippen molar-refractivity contribution in [2.75, 3.05) is 26.2 Å². The first-order chi connectivity index (χ1) is 14.5. The summed E-state index contributed by atoms with van der Waals surface area (Å²) in [4.78, 5) is 14.7. The Balaban J connectivity index is 1.54. The third kappa shape index (κ3) is 6.18. The summed E-state index contributed by atoms with van der Waals surface area (Å²) in [6, 6.07) is 16.2. The smallest absolute Gasteiger partial charge is 0.246 e. The van der Waals surface area contributed by atoms with Crippen LogP contribution in [0.4, 0.5) is 0 Å². The molecule has 2 aromatic rings. The third-order valence-electron chi connectivity index (χ3n) is 5.00. The Bertz CT molecular complexity index is 956. The lowest BCUT2D eigenvalue weighted by molar-refractivity contribution is -0.127. The Kier molecular flexibility index (Phi) is 7.65. The van der Waals surface area contributed by atoms with E-state index < -0.39 is 10.0 Å². The van der Waals surface area contributed by atoms with Gasteiger partial charge in [-0.2, -0.15) is 0 Å². The maximum absolute atomic E-state index is 12.6. The molecule has 1 heterocycles. The number of carbonyl (C=O) groups excluding carboxylic acids is 1. The number of piperidine rings is 1. The van der Waals surface area contributed by atoms with Crippen LogP contribution in [0.2, 0.25) is 0 Å². The van der Waals surface area contributed by atoms with E-state index in [4.69, 9.17) is 4.74 Å². The molecule has 2 aromatic carbocycles. The van der Waals surface area contributed by atoms with Gasteiger partial charge in [-0.15, -0.1) is 0 Å². The maximum atomic E-state index is 12.6. The van der Waals surface area contributed by atoms with Crippen molar-refractivity contribution in [3.8, 4) is 5.75 Å². The number of rotatable bonds is 8. The summed E-state index contributed by atoms with van der Waals surface area (Å²) in [7, 11) is -3.47. The van der Waals surface area contributed by atoms with Gasteiger partial charge >= 0.3 is 0 Å². The van der Waals surface area contributed by atoms with E-state index in [1.807, 2.05) is 35.2 Å². The van der Waals surface area contributed by atoms with Crippen LogP contribution in [0.5, 0.6) is 5.75 Å². The molecule has 6 nitrogen and oxygen atoms in total. The highest BCUT2D eigenvalue weighted by Gasteiger charge is 2.23. The molecule has 3 rings (SSSR count). The monoisotopic (exact) mass is 428 g/mol. The fourth-order valence-electron chi connectivity index (χ4n) is 3.44. The van der Waals surface area contributed by atoms with Gasteiger partial charge in [0.1, 0.15) is 5.75 Å². The van der Waals surface area contributed by atoms with Crippen molar-refractivity contribution >= 4 is 22.0 Å². The molecule has 1 N–H and O–H groups in total. The molecule has 1 aliphatic rings. The fourth-order valence-corrected chi connectivity index (χ4v) is 4.48. The highest BCUT2D eigenvalue weighted by atomic mass is 32.2. The minimum Gasteiger partial charge on any atom is -0.493 e. The fraction of sp³-hybridized carbons (Fsp3) is 0.348. The summed E-state index contributed by atoms with van der Waals surface area (Å²) in [5.41, 5.74) is 0.778. The summed E-state index contributed by atoms with van der Waals surface area (Å²) in [5.74, 6) is 1.12. The number of carbonyl (C=O) groups is 1. The van der Waals surface area contributed by atoms with Gasteiger partial charge in [0.25, 0.3) is 0 Å². The topological polar surface area (TPSA) is 75.7 Å². The lowest BCUT2D eigenvalue weighted by Crippen LogP contribution is -2.40. The van der Waals surface area contributed by atoms with Crippen LogP contribution in [0.25, 0.3) is 6.08 Å². The first kappa shape index (κ1) is 22.1. The van der Waals surface area contributed by atoms with E-state index in [0.29, 0.717) is 25.6 Å². The minimum absolute atomic E-state index is 0.0382. The molecule has 1 amide bonds. The Morgan fingerprint density at radius 2 is 1.90 bits per heavy atom. The van der Waals surface area contributed by atoms with Crippen LogP contribution < -0.4 is 9.46 Å². The van der Waals surface area contributed by atoms with E-state index in [9.17, 15) is 13.2 Å². The second-order valence-corrected chi connectivity index (χ2v) is 9.09. The van der Waals surface area contributed by atoms with E-state index >= 15 is 0 Å². The van der Waals surface area contributed by atoms with Crippen LogP contribution in [-0.2, 0) is 14.8 Å². The van der Waals surface area contributed by atoms with E-state index in [1.165, 1.54) is 0 Å². The Morgan fingerprint density at radius 1 is 1.17 bits per heavy atom. The molecule has 1 atom stereocenters. The lowest BCUT2D eigenvalue weighted by Gasteiger charge is -2.32. The van der Waals surface area contributed by atoms with Crippen LogP contribution in [0.1, 0.15) is 25.3 Å². The molecular weight excluding hydrogens is 400 g/mol. The summed E-state index contributed by atoms with van der Waals surface area (Å²) in [6.07, 6.45) is 5.27. The summed E-state index contributed by atoms with van der Waals surface area (Å²) < 4.78 is 32.3. The molecule has 0 bridgehead atoms. The first-order valence-corrected chi connectivity index (χ1v) is 11.7. The molecule has 0 radical (unpaired) electrons. The van der Waals surface area contributed by atoms with Crippen molar-refractivity contribution in [3.05, 3.63) is 66.2 Å². The van der Waals surface area contributed by atoms with E-state index in [1.54, 1.807) is 43.3 Å². The van der Waals surface area contributed by atoms with Crippen molar-refractivity contribution in [2.24, 2.45) is 5.92 Å². The highest BCUT2D eigenvalue weighted by molar-refractivity contribution is 7.89. The van der Waals surface area contributed by atoms with Crippen LogP contribution >= 0.6 is 0 Å². The molecule has 0 spiro atoms. The number of para-hydroxylation sites is 1. The number of ether oxygens (including phenoxy) is 1. The van der Waals surface area contributed by atoms with Crippen molar-refractivity contribution in [1.29, 1.82) is 0 Å². The Morgan fingerprint density at radius 3 is 2.60 bits per heavy atom. The van der Waals surface area contributed by atoms with Gasteiger partial charge < -0.3 is 9.64 Å². The van der Waals surface area contributed by atoms with E-state index in [-0.39, 0.29) is 10.8 Å². The normalized spacial score (nSPS) is 17.2. The minimum atomic E-state index is -3.47. The average molecular weight is 429 g/mol. The van der Waals surface area contributed by atoms with Crippen molar-refractivity contribution in [3.63, 3.8) is 0 Å². The van der Waals surface area contributed by atoms with Gasteiger partial charge in [-0.25, -0.2) is 13.1 Å². The van der Waals surface area contributed by atoms with E-state index in [0.717, 1.165) is 30.7 Å². The Labute approximate surface area is 178 Å². The van der Waals surface area contributed by atoms with E-state index in [2.05, 4.69) is 4.72 Å². The number of sulfonamides is 1. The van der Waals surface area contributed by atoms with Crippen molar-refractivity contribution in [2.45, 2.75) is 24.7 Å². The summed E-state index contributed by atoms with van der Waals surface area (Å²) in [5, 5.41) is 0. The van der Waals surface area contributed by atoms with Crippen LogP contribution in [0.15, 0.2) is 65.6 Å². The van der Waals surface area contributed by atoms with Gasteiger partial charge in [0.15, 0.2) is 0 Å². The van der Waals surface area contributed by atoms with Crippen LogP contribution in [0.3, 0.4) is 0 Å². The van der Waals surface area contributed by atoms with Crippen molar-refractivity contribution in [1.82, 2.24) is 9.62 Å². The zero-order valence-corrected chi connectivity index (χ0v) is 18.0. The summed E-state index contributed by atoms with van der Waals surface area (Å²) in [6.45, 7) is 4.09. The number of nitrogens with one attached hydrogen (secondary N) is 1. The molecule has 1 aliphatic heterocycles. The number of amides is 1. The number of likely N-dealkylation sites (tertiary alicyclic amines) is 1. The average Bonchev–Trinajstić information content (AvgIpc) is 2.77. The lowest BCUT2D eigenvalue weighted by atomic mass is 9.99. The number of nitrogens with zero attached hydrogens (tertiary/aromatic N) is 1. The molecule has 0 aromatic heterocycles. The number of hydrogen-bond acceptors (Lipinski definition) is 4. The standard InChI is InChI=1S/C23H28N2O4S/c1-2-24-30(27,28)22-13-10-19(11-14-22)12-15-23(26)25-16-6-7-20(17-25)18-29-21-8-4-3-5-9-21/h3-5,8-15,20,24H,2,6-7,16-18H2,1H3/b15-12+. The zero-order chi connectivity index (χ0) is 21.4. The van der Waals surface area contributed by atoms with Gasteiger partial charge in [-0.3, -0.25) is 4.79 Å². The molecular formula is C23H28N2O4S. The Hall–Kier alpha value is -2.64. The highest BCUT2D eigenvalue weighted by Crippen LogP contribution is 2.19. The zero-order valence-electron chi connectivity index (χ0n) is 17.2. The quantitative estimate of drug-likeness (QED) is 0.655.